The minimum Gasteiger partial charge on any atom is -0.465 e. The first-order valence-corrected chi connectivity index (χ1v) is 9.62. The molecule has 2 fully saturated rings. The van der Waals surface area contributed by atoms with E-state index in [1.165, 1.54) is 63.2 Å². The minimum absolute atomic E-state index is 0.178. The smallest absolute Gasteiger partial charge is 0.339 e. The second kappa shape index (κ2) is 6.09. The van der Waals surface area contributed by atoms with E-state index in [2.05, 4.69) is 24.0 Å². The summed E-state index contributed by atoms with van der Waals surface area (Å²) in [5.41, 5.74) is 5.24. The van der Waals surface area contributed by atoms with Crippen LogP contribution in [-0.4, -0.2) is 26.2 Å². The maximum absolute atomic E-state index is 12.5. The highest BCUT2D eigenvalue weighted by Gasteiger charge is 2.41. The van der Waals surface area contributed by atoms with Crippen LogP contribution in [0.25, 0.3) is 0 Å². The van der Waals surface area contributed by atoms with Gasteiger partial charge in [0.2, 0.25) is 0 Å². The van der Waals surface area contributed by atoms with Gasteiger partial charge < -0.3 is 9.64 Å². The zero-order valence-corrected chi connectivity index (χ0v) is 15.1. The number of carbonyl (C=O) groups is 1. The summed E-state index contributed by atoms with van der Waals surface area (Å²) in [6, 6.07) is 4.52. The Morgan fingerprint density at radius 1 is 1.17 bits per heavy atom. The number of hydrogen-bond donors (Lipinski definition) is 0. The van der Waals surface area contributed by atoms with E-state index >= 15 is 0 Å². The molecule has 0 bridgehead atoms. The predicted molar refractivity (Wildman–Crippen MR) is 96.9 cm³/mol. The molecule has 3 aliphatic rings. The summed E-state index contributed by atoms with van der Waals surface area (Å²) in [4.78, 5) is 14.8. The van der Waals surface area contributed by atoms with Crippen molar-refractivity contribution in [3.05, 3.63) is 28.8 Å². The molecule has 1 aromatic carbocycles. The molecule has 0 N–H and O–H groups in total. The van der Waals surface area contributed by atoms with E-state index < -0.39 is 0 Å². The Hall–Kier alpha value is -1.51. The molecule has 2 atom stereocenters. The average molecular weight is 327 g/mol. The maximum atomic E-state index is 12.5. The van der Waals surface area contributed by atoms with Crippen molar-refractivity contribution < 1.29 is 9.53 Å². The van der Waals surface area contributed by atoms with E-state index in [1.54, 1.807) is 0 Å². The topological polar surface area (TPSA) is 29.5 Å². The normalized spacial score (nSPS) is 29.1. The van der Waals surface area contributed by atoms with Crippen LogP contribution in [0.3, 0.4) is 0 Å². The molecule has 3 heteroatoms. The second-order valence-electron chi connectivity index (χ2n) is 8.21. The average Bonchev–Trinajstić information content (AvgIpc) is 3.14. The lowest BCUT2D eigenvalue weighted by Gasteiger charge is -2.46. The second-order valence-corrected chi connectivity index (χ2v) is 8.21. The Balaban J connectivity index is 1.81. The van der Waals surface area contributed by atoms with Gasteiger partial charge in [-0.1, -0.05) is 19.8 Å². The van der Waals surface area contributed by atoms with Gasteiger partial charge in [0.15, 0.2) is 0 Å². The molecule has 4 rings (SSSR count). The van der Waals surface area contributed by atoms with Crippen LogP contribution in [0.4, 0.5) is 5.69 Å². The van der Waals surface area contributed by atoms with Gasteiger partial charge in [-0.15, -0.1) is 0 Å². The van der Waals surface area contributed by atoms with E-state index in [-0.39, 0.29) is 5.97 Å². The maximum Gasteiger partial charge on any atom is 0.339 e. The van der Waals surface area contributed by atoms with Crippen LogP contribution < -0.4 is 4.90 Å². The van der Waals surface area contributed by atoms with Crippen LogP contribution >= 0.6 is 0 Å². The van der Waals surface area contributed by atoms with Gasteiger partial charge in [0.05, 0.1) is 18.4 Å². The summed E-state index contributed by atoms with van der Waals surface area (Å²) in [6.45, 7) is 4.58. The van der Waals surface area contributed by atoms with Gasteiger partial charge in [-0.3, -0.25) is 0 Å². The molecule has 1 aromatic rings. The first-order valence-electron chi connectivity index (χ1n) is 9.62. The molecule has 0 aromatic heterocycles. The molecule has 1 heterocycles. The van der Waals surface area contributed by atoms with E-state index in [9.17, 15) is 4.79 Å². The van der Waals surface area contributed by atoms with Gasteiger partial charge >= 0.3 is 5.97 Å². The third-order valence-corrected chi connectivity index (χ3v) is 6.78. The number of ether oxygens (including phenoxy) is 1. The largest absolute Gasteiger partial charge is 0.465 e. The number of nitrogens with zero attached hydrogens (tertiary/aromatic N) is 1. The highest BCUT2D eigenvalue weighted by molar-refractivity contribution is 5.96. The number of carbonyl (C=O) groups excluding carboxylic acids is 1. The summed E-state index contributed by atoms with van der Waals surface area (Å²) in [7, 11) is 1.50. The van der Waals surface area contributed by atoms with Gasteiger partial charge in [-0.25, -0.2) is 4.79 Å². The number of benzene rings is 1. The molecule has 0 unspecified atom stereocenters. The summed E-state index contributed by atoms with van der Waals surface area (Å²) in [5, 5.41) is 0. The van der Waals surface area contributed by atoms with Gasteiger partial charge in [0, 0.05) is 13.1 Å². The van der Waals surface area contributed by atoms with Crippen LogP contribution in [0.5, 0.6) is 0 Å². The van der Waals surface area contributed by atoms with Crippen molar-refractivity contribution in [3.8, 4) is 0 Å². The molecule has 2 aliphatic carbocycles. The van der Waals surface area contributed by atoms with Gasteiger partial charge in [0.25, 0.3) is 0 Å². The first-order chi connectivity index (χ1) is 11.6. The minimum atomic E-state index is -0.178. The first kappa shape index (κ1) is 16.0. The molecule has 130 valence electrons. The highest BCUT2D eigenvalue weighted by atomic mass is 16.5. The Bertz CT molecular complexity index is 647. The fourth-order valence-electron chi connectivity index (χ4n) is 5.33. The Morgan fingerprint density at radius 3 is 2.71 bits per heavy atom. The van der Waals surface area contributed by atoms with Crippen molar-refractivity contribution >= 4 is 11.7 Å². The molecule has 0 radical (unpaired) electrons. The number of aryl methyl sites for hydroxylation is 1. The van der Waals surface area contributed by atoms with E-state index in [4.69, 9.17) is 4.74 Å². The number of esters is 1. The monoisotopic (exact) mass is 327 g/mol. The quantitative estimate of drug-likeness (QED) is 0.738. The third kappa shape index (κ3) is 2.53. The Morgan fingerprint density at radius 2 is 1.96 bits per heavy atom. The molecule has 0 spiro atoms. The SMILES string of the molecule is COC(=O)c1cc2c(cc1N1CCCC1)CC[C@]1(C)CCCC[C@H]21. The summed E-state index contributed by atoms with van der Waals surface area (Å²) in [5.74, 6) is 0.439. The summed E-state index contributed by atoms with van der Waals surface area (Å²) < 4.78 is 5.12. The van der Waals surface area contributed by atoms with Crippen LogP contribution in [0, 0.1) is 5.41 Å². The summed E-state index contributed by atoms with van der Waals surface area (Å²) >= 11 is 0. The molecule has 1 saturated carbocycles. The standard InChI is InChI=1S/C21H29NO2/c1-21-9-4-3-7-18(21)16-14-17(20(23)24-2)19(13-15(16)8-10-21)22-11-5-6-12-22/h13-14,18H,3-12H2,1-2H3/t18-,21+/m1/s1. The number of rotatable bonds is 2. The van der Waals surface area contributed by atoms with Crippen molar-refractivity contribution in [2.75, 3.05) is 25.1 Å². The lowest BCUT2D eigenvalue weighted by atomic mass is 9.58. The fourth-order valence-corrected chi connectivity index (χ4v) is 5.33. The van der Waals surface area contributed by atoms with Crippen molar-refractivity contribution in [2.24, 2.45) is 5.41 Å². The van der Waals surface area contributed by atoms with Gasteiger partial charge in [0.1, 0.15) is 0 Å². The molecule has 3 nitrogen and oxygen atoms in total. The van der Waals surface area contributed by atoms with Crippen LogP contribution in [0.15, 0.2) is 12.1 Å². The van der Waals surface area contributed by atoms with Crippen molar-refractivity contribution in [2.45, 2.75) is 64.2 Å². The predicted octanol–water partition coefficient (Wildman–Crippen LogP) is 4.68. The number of anilines is 1. The van der Waals surface area contributed by atoms with Crippen molar-refractivity contribution in [3.63, 3.8) is 0 Å². The molecule has 0 amide bonds. The third-order valence-electron chi connectivity index (χ3n) is 6.78. The van der Waals surface area contributed by atoms with Crippen LogP contribution in [0.2, 0.25) is 0 Å². The van der Waals surface area contributed by atoms with Crippen molar-refractivity contribution in [1.29, 1.82) is 0 Å². The van der Waals surface area contributed by atoms with Crippen LogP contribution in [-0.2, 0) is 11.2 Å². The van der Waals surface area contributed by atoms with E-state index in [0.29, 0.717) is 11.3 Å². The Kier molecular flexibility index (Phi) is 4.06. The lowest BCUT2D eigenvalue weighted by molar-refractivity contribution is 0.0600. The summed E-state index contributed by atoms with van der Waals surface area (Å²) in [6.07, 6.45) is 10.2. The number of fused-ring (bicyclic) bond motifs is 3. The zero-order valence-electron chi connectivity index (χ0n) is 15.1. The molecular formula is C21H29NO2. The Labute approximate surface area is 145 Å². The van der Waals surface area contributed by atoms with Crippen LogP contribution in [0.1, 0.15) is 79.3 Å². The fraction of sp³-hybridized carbons (Fsp3) is 0.667. The van der Waals surface area contributed by atoms with E-state index in [1.807, 2.05) is 0 Å². The van der Waals surface area contributed by atoms with Gasteiger partial charge in [-0.2, -0.15) is 0 Å². The van der Waals surface area contributed by atoms with E-state index in [0.717, 1.165) is 30.8 Å². The molecule has 24 heavy (non-hydrogen) atoms. The number of hydrogen-bond acceptors (Lipinski definition) is 3. The molecular weight excluding hydrogens is 298 g/mol. The molecule has 1 saturated heterocycles. The molecule has 1 aliphatic heterocycles. The van der Waals surface area contributed by atoms with Crippen molar-refractivity contribution in [1.82, 2.24) is 0 Å². The van der Waals surface area contributed by atoms with Gasteiger partial charge in [-0.05, 0) is 73.1 Å². The number of methoxy groups -OCH3 is 1. The lowest BCUT2D eigenvalue weighted by Crippen LogP contribution is -2.34. The highest BCUT2D eigenvalue weighted by Crippen LogP contribution is 2.54. The zero-order chi connectivity index (χ0) is 16.7.